The number of carbonyl (C=O) groups is 1. The number of carbonyl (C=O) groups excluding carboxylic acids is 1. The average Bonchev–Trinajstić information content (AvgIpc) is 3.01. The highest BCUT2D eigenvalue weighted by molar-refractivity contribution is 6.05. The molecule has 0 fully saturated rings. The molecular formula is C16H13N3O5. The highest BCUT2D eigenvalue weighted by Gasteiger charge is 2.20. The lowest BCUT2D eigenvalue weighted by Crippen LogP contribution is -2.13. The van der Waals surface area contributed by atoms with Gasteiger partial charge in [-0.1, -0.05) is 6.07 Å². The minimum atomic E-state index is -0.765. The van der Waals surface area contributed by atoms with Gasteiger partial charge in [-0.3, -0.25) is 25.0 Å². The molecule has 0 heterocycles. The number of nitrogens with one attached hydrogen (secondary N) is 1. The lowest BCUT2D eigenvalue weighted by Gasteiger charge is -2.07. The van der Waals surface area contributed by atoms with Crippen LogP contribution in [0.4, 0.5) is 17.1 Å². The number of anilines is 1. The van der Waals surface area contributed by atoms with Gasteiger partial charge >= 0.3 is 0 Å². The maximum absolute atomic E-state index is 12.3. The van der Waals surface area contributed by atoms with E-state index in [0.29, 0.717) is 5.69 Å². The lowest BCUT2D eigenvalue weighted by molar-refractivity contribution is -0.394. The molecule has 0 unspecified atom stereocenters. The quantitative estimate of drug-likeness (QED) is 0.683. The summed E-state index contributed by atoms with van der Waals surface area (Å²) in [6.45, 7) is 0. The summed E-state index contributed by atoms with van der Waals surface area (Å²) in [7, 11) is 0. The minimum absolute atomic E-state index is 0.128. The van der Waals surface area contributed by atoms with Gasteiger partial charge in [-0.05, 0) is 42.5 Å². The fraction of sp³-hybridized carbons (Fsp3) is 0.188. The Hall–Kier alpha value is -3.29. The van der Waals surface area contributed by atoms with Crippen molar-refractivity contribution in [3.63, 3.8) is 0 Å². The van der Waals surface area contributed by atoms with Crippen LogP contribution in [0.5, 0.6) is 0 Å². The van der Waals surface area contributed by atoms with Crippen LogP contribution in [0.25, 0.3) is 0 Å². The lowest BCUT2D eigenvalue weighted by atomic mass is 10.1. The van der Waals surface area contributed by atoms with E-state index in [4.69, 9.17) is 0 Å². The highest BCUT2D eigenvalue weighted by atomic mass is 16.6. The summed E-state index contributed by atoms with van der Waals surface area (Å²) in [4.78, 5) is 32.6. The Morgan fingerprint density at radius 3 is 2.17 bits per heavy atom. The van der Waals surface area contributed by atoms with Crippen molar-refractivity contribution in [1.82, 2.24) is 0 Å². The van der Waals surface area contributed by atoms with Crippen LogP contribution in [0.1, 0.15) is 27.9 Å². The molecule has 0 atom stereocenters. The molecule has 122 valence electrons. The monoisotopic (exact) mass is 327 g/mol. The van der Waals surface area contributed by atoms with E-state index >= 15 is 0 Å². The van der Waals surface area contributed by atoms with Gasteiger partial charge in [-0.15, -0.1) is 0 Å². The van der Waals surface area contributed by atoms with Crippen molar-refractivity contribution in [2.75, 3.05) is 5.32 Å². The molecule has 0 spiro atoms. The number of rotatable bonds is 4. The number of nitro benzene ring substituents is 2. The van der Waals surface area contributed by atoms with Gasteiger partial charge in [-0.25, -0.2) is 0 Å². The zero-order valence-electron chi connectivity index (χ0n) is 12.5. The predicted octanol–water partition coefficient (Wildman–Crippen LogP) is 3.24. The zero-order chi connectivity index (χ0) is 17.3. The molecule has 1 amide bonds. The van der Waals surface area contributed by atoms with Crippen molar-refractivity contribution in [3.8, 4) is 0 Å². The Balaban J connectivity index is 1.89. The zero-order valence-corrected chi connectivity index (χ0v) is 12.5. The smallest absolute Gasteiger partial charge is 0.277 e. The van der Waals surface area contributed by atoms with E-state index in [9.17, 15) is 25.0 Å². The number of fused-ring (bicyclic) bond motifs is 1. The number of hydrogen-bond donors (Lipinski definition) is 1. The van der Waals surface area contributed by atoms with Gasteiger partial charge < -0.3 is 5.32 Å². The number of nitrogens with zero attached hydrogens (tertiary/aromatic N) is 2. The standard InChI is InChI=1S/C16H13N3O5/c20-16(17-13-5-4-10-2-1-3-11(10)6-13)12-7-14(18(21)22)9-15(8-12)19(23)24/h4-9H,1-3H2,(H,17,20). The van der Waals surface area contributed by atoms with E-state index in [1.54, 1.807) is 6.07 Å². The average molecular weight is 327 g/mol. The summed E-state index contributed by atoms with van der Waals surface area (Å²) in [5.74, 6) is -0.625. The molecule has 0 aromatic heterocycles. The second kappa shape index (κ2) is 6.07. The molecule has 0 saturated carbocycles. The molecule has 0 bridgehead atoms. The van der Waals surface area contributed by atoms with Gasteiger partial charge in [0.2, 0.25) is 0 Å². The first kappa shape index (κ1) is 15.6. The molecule has 0 saturated heterocycles. The maximum Gasteiger partial charge on any atom is 0.277 e. The van der Waals surface area contributed by atoms with Crippen LogP contribution in [0, 0.1) is 20.2 Å². The van der Waals surface area contributed by atoms with Gasteiger partial charge in [0.25, 0.3) is 17.3 Å². The molecule has 2 aromatic rings. The largest absolute Gasteiger partial charge is 0.322 e. The second-order valence-corrected chi connectivity index (χ2v) is 5.54. The second-order valence-electron chi connectivity index (χ2n) is 5.54. The van der Waals surface area contributed by atoms with Crippen molar-refractivity contribution < 1.29 is 14.6 Å². The normalized spacial score (nSPS) is 12.5. The van der Waals surface area contributed by atoms with Crippen LogP contribution >= 0.6 is 0 Å². The van der Waals surface area contributed by atoms with Gasteiger partial charge in [0, 0.05) is 17.8 Å². The Bertz CT molecular complexity index is 831. The SMILES string of the molecule is O=C(Nc1ccc2c(c1)CCC2)c1cc([N+](=O)[O-])cc([N+](=O)[O-])c1. The minimum Gasteiger partial charge on any atom is -0.322 e. The number of amides is 1. The van der Waals surface area contributed by atoms with Gasteiger partial charge in [0.15, 0.2) is 0 Å². The van der Waals surface area contributed by atoms with Crippen LogP contribution in [0.3, 0.4) is 0 Å². The van der Waals surface area contributed by atoms with Crippen molar-refractivity contribution in [3.05, 3.63) is 73.3 Å². The molecule has 24 heavy (non-hydrogen) atoms. The Morgan fingerprint density at radius 1 is 0.917 bits per heavy atom. The van der Waals surface area contributed by atoms with Gasteiger partial charge in [0.1, 0.15) is 0 Å². The Labute approximate surface area is 136 Å². The van der Waals surface area contributed by atoms with Crippen molar-refractivity contribution >= 4 is 23.0 Å². The fourth-order valence-corrected chi connectivity index (χ4v) is 2.79. The van der Waals surface area contributed by atoms with Gasteiger partial charge in [0.05, 0.1) is 21.5 Å². The summed E-state index contributed by atoms with van der Waals surface area (Å²) in [6, 6.07) is 8.44. The third-order valence-corrected chi connectivity index (χ3v) is 3.94. The van der Waals surface area contributed by atoms with E-state index in [1.165, 1.54) is 5.56 Å². The van der Waals surface area contributed by atoms with Crippen LogP contribution in [-0.4, -0.2) is 15.8 Å². The summed E-state index contributed by atoms with van der Waals surface area (Å²) in [5, 5.41) is 24.4. The summed E-state index contributed by atoms with van der Waals surface area (Å²) >= 11 is 0. The first-order valence-electron chi connectivity index (χ1n) is 7.31. The van der Waals surface area contributed by atoms with Crippen LogP contribution in [0.2, 0.25) is 0 Å². The number of benzene rings is 2. The Morgan fingerprint density at radius 2 is 1.54 bits per heavy atom. The van der Waals surface area contributed by atoms with E-state index in [2.05, 4.69) is 5.32 Å². The molecule has 8 nitrogen and oxygen atoms in total. The number of nitro groups is 2. The molecule has 2 aromatic carbocycles. The van der Waals surface area contributed by atoms with E-state index < -0.39 is 27.1 Å². The topological polar surface area (TPSA) is 115 Å². The molecular weight excluding hydrogens is 314 g/mol. The summed E-state index contributed by atoms with van der Waals surface area (Å²) in [6.07, 6.45) is 3.03. The third-order valence-electron chi connectivity index (χ3n) is 3.94. The molecule has 8 heteroatoms. The van der Waals surface area contributed by atoms with Crippen LogP contribution in [-0.2, 0) is 12.8 Å². The Kier molecular flexibility index (Phi) is 3.95. The first-order valence-corrected chi connectivity index (χ1v) is 7.31. The summed E-state index contributed by atoms with van der Waals surface area (Å²) < 4.78 is 0. The van der Waals surface area contributed by atoms with Crippen molar-refractivity contribution in [1.29, 1.82) is 0 Å². The molecule has 0 aliphatic heterocycles. The van der Waals surface area contributed by atoms with Crippen molar-refractivity contribution in [2.24, 2.45) is 0 Å². The molecule has 1 N–H and O–H groups in total. The van der Waals surface area contributed by atoms with Gasteiger partial charge in [-0.2, -0.15) is 0 Å². The summed E-state index contributed by atoms with van der Waals surface area (Å²) in [5.41, 5.74) is 1.86. The molecule has 0 radical (unpaired) electrons. The van der Waals surface area contributed by atoms with Crippen LogP contribution in [0.15, 0.2) is 36.4 Å². The van der Waals surface area contributed by atoms with Crippen LogP contribution < -0.4 is 5.32 Å². The highest BCUT2D eigenvalue weighted by Crippen LogP contribution is 2.26. The predicted molar refractivity (Wildman–Crippen MR) is 86.2 cm³/mol. The van der Waals surface area contributed by atoms with Crippen molar-refractivity contribution in [2.45, 2.75) is 19.3 Å². The van der Waals surface area contributed by atoms with E-state index in [0.717, 1.165) is 43.0 Å². The number of aryl methyl sites for hydroxylation is 2. The molecule has 1 aliphatic rings. The number of hydrogen-bond acceptors (Lipinski definition) is 5. The molecule has 3 rings (SSSR count). The maximum atomic E-state index is 12.3. The van der Waals surface area contributed by atoms with E-state index in [-0.39, 0.29) is 5.56 Å². The third kappa shape index (κ3) is 3.07. The fourth-order valence-electron chi connectivity index (χ4n) is 2.79. The molecule has 1 aliphatic carbocycles. The number of non-ortho nitro benzene ring substituents is 2. The van der Waals surface area contributed by atoms with E-state index in [1.807, 2.05) is 12.1 Å². The first-order chi connectivity index (χ1) is 11.4.